The first kappa shape index (κ1) is 16.3. The average Bonchev–Trinajstić information content (AvgIpc) is 2.72. The quantitative estimate of drug-likeness (QED) is 0.893. The number of benzene rings is 1. The number of likely N-dealkylation sites (tertiary alicyclic amines) is 1. The minimum absolute atomic E-state index is 0.430. The van der Waals surface area contributed by atoms with E-state index in [1.165, 1.54) is 44.2 Å². The molecule has 0 amide bonds. The molecule has 3 nitrogen and oxygen atoms in total. The first-order valence-electron chi connectivity index (χ1n) is 8.24. The lowest BCUT2D eigenvalue weighted by Gasteiger charge is -2.30. The lowest BCUT2D eigenvalue weighted by Crippen LogP contribution is -2.34. The van der Waals surface area contributed by atoms with Crippen LogP contribution in [0.2, 0.25) is 0 Å². The Bertz CT molecular complexity index is 445. The molecule has 0 aromatic heterocycles. The van der Waals surface area contributed by atoms with E-state index in [0.29, 0.717) is 6.04 Å². The maximum atomic E-state index is 9.81. The third-order valence-electron chi connectivity index (χ3n) is 4.63. The predicted octanol–water partition coefficient (Wildman–Crippen LogP) is 3.90. The zero-order valence-electron chi connectivity index (χ0n) is 13.6. The average molecular weight is 291 g/mol. The predicted molar refractivity (Wildman–Crippen MR) is 86.6 cm³/mol. The molecule has 2 rings (SSSR count). The zero-order valence-corrected chi connectivity index (χ0v) is 13.6. The van der Waals surface area contributed by atoms with Gasteiger partial charge in [0.25, 0.3) is 0 Å². The number of aliphatic hydroxyl groups excluding tert-OH is 1. The van der Waals surface area contributed by atoms with Crippen LogP contribution in [0, 0.1) is 0 Å². The summed E-state index contributed by atoms with van der Waals surface area (Å²) in [4.78, 5) is 2.59. The van der Waals surface area contributed by atoms with Crippen LogP contribution < -0.4 is 4.74 Å². The molecule has 0 aliphatic carbocycles. The SMILES string of the molecule is CCC1CCCCCN1Cc1cc(C(C)O)ccc1OC. The van der Waals surface area contributed by atoms with Crippen molar-refractivity contribution < 1.29 is 9.84 Å². The first-order chi connectivity index (χ1) is 10.2. The molecule has 3 heteroatoms. The van der Waals surface area contributed by atoms with E-state index in [-0.39, 0.29) is 0 Å². The number of hydrogen-bond acceptors (Lipinski definition) is 3. The summed E-state index contributed by atoms with van der Waals surface area (Å²) in [5.41, 5.74) is 2.16. The van der Waals surface area contributed by atoms with Crippen molar-refractivity contribution in [2.24, 2.45) is 0 Å². The van der Waals surface area contributed by atoms with Gasteiger partial charge in [-0.3, -0.25) is 4.90 Å². The Kier molecular flexibility index (Phi) is 6.07. The van der Waals surface area contributed by atoms with Gasteiger partial charge in [-0.25, -0.2) is 0 Å². The second kappa shape index (κ2) is 7.81. The molecule has 0 spiro atoms. The summed E-state index contributed by atoms with van der Waals surface area (Å²) < 4.78 is 5.51. The fourth-order valence-corrected chi connectivity index (χ4v) is 3.31. The summed E-state index contributed by atoms with van der Waals surface area (Å²) in [6.45, 7) is 6.18. The highest BCUT2D eigenvalue weighted by Crippen LogP contribution is 2.28. The molecular formula is C18H29NO2. The van der Waals surface area contributed by atoms with Crippen molar-refractivity contribution in [3.05, 3.63) is 29.3 Å². The smallest absolute Gasteiger partial charge is 0.123 e. The second-order valence-corrected chi connectivity index (χ2v) is 6.13. The molecule has 1 heterocycles. The van der Waals surface area contributed by atoms with Crippen LogP contribution >= 0.6 is 0 Å². The number of hydrogen-bond donors (Lipinski definition) is 1. The molecule has 2 unspecified atom stereocenters. The van der Waals surface area contributed by atoms with Crippen molar-refractivity contribution >= 4 is 0 Å². The molecule has 1 aromatic rings. The van der Waals surface area contributed by atoms with Crippen LogP contribution in [0.1, 0.15) is 63.2 Å². The van der Waals surface area contributed by atoms with Crippen LogP contribution in [-0.4, -0.2) is 29.7 Å². The topological polar surface area (TPSA) is 32.7 Å². The largest absolute Gasteiger partial charge is 0.496 e. The normalized spacial score (nSPS) is 21.8. The van der Waals surface area contributed by atoms with E-state index in [1.807, 2.05) is 19.1 Å². The summed E-state index contributed by atoms with van der Waals surface area (Å²) in [5, 5.41) is 9.81. The maximum absolute atomic E-state index is 9.81. The van der Waals surface area contributed by atoms with E-state index in [4.69, 9.17) is 4.74 Å². The molecule has 1 N–H and O–H groups in total. The molecule has 0 radical (unpaired) electrons. The van der Waals surface area contributed by atoms with Crippen LogP contribution in [0.15, 0.2) is 18.2 Å². The molecular weight excluding hydrogens is 262 g/mol. The van der Waals surface area contributed by atoms with Gasteiger partial charge in [-0.15, -0.1) is 0 Å². The van der Waals surface area contributed by atoms with Crippen LogP contribution in [0.3, 0.4) is 0 Å². The van der Waals surface area contributed by atoms with Crippen LogP contribution in [0.4, 0.5) is 0 Å². The molecule has 1 aliphatic heterocycles. The standard InChI is InChI=1S/C18H29NO2/c1-4-17-8-6-5-7-11-19(17)13-16-12-15(14(2)20)9-10-18(16)21-3/h9-10,12,14,17,20H,4-8,11,13H2,1-3H3. The minimum Gasteiger partial charge on any atom is -0.496 e. The van der Waals surface area contributed by atoms with Crippen molar-refractivity contribution in [2.75, 3.05) is 13.7 Å². The van der Waals surface area contributed by atoms with Gasteiger partial charge in [0.05, 0.1) is 13.2 Å². The van der Waals surface area contributed by atoms with Gasteiger partial charge in [0, 0.05) is 18.2 Å². The van der Waals surface area contributed by atoms with E-state index in [2.05, 4.69) is 17.9 Å². The highest BCUT2D eigenvalue weighted by Gasteiger charge is 2.21. The van der Waals surface area contributed by atoms with E-state index in [9.17, 15) is 5.11 Å². The fourth-order valence-electron chi connectivity index (χ4n) is 3.31. The second-order valence-electron chi connectivity index (χ2n) is 6.13. The summed E-state index contributed by atoms with van der Waals surface area (Å²) in [6, 6.07) is 6.71. The Morgan fingerprint density at radius 1 is 1.33 bits per heavy atom. The van der Waals surface area contributed by atoms with Crippen molar-refractivity contribution in [3.8, 4) is 5.75 Å². The number of aliphatic hydroxyl groups is 1. The summed E-state index contributed by atoms with van der Waals surface area (Å²) in [7, 11) is 1.72. The number of ether oxygens (including phenoxy) is 1. The molecule has 0 bridgehead atoms. The Hall–Kier alpha value is -1.06. The van der Waals surface area contributed by atoms with Crippen molar-refractivity contribution in [1.29, 1.82) is 0 Å². The Morgan fingerprint density at radius 3 is 2.81 bits per heavy atom. The molecule has 21 heavy (non-hydrogen) atoms. The zero-order chi connectivity index (χ0) is 15.2. The number of methoxy groups -OCH3 is 1. The van der Waals surface area contributed by atoms with E-state index in [1.54, 1.807) is 7.11 Å². The van der Waals surface area contributed by atoms with E-state index >= 15 is 0 Å². The Morgan fingerprint density at radius 2 is 2.14 bits per heavy atom. The minimum atomic E-state index is -0.430. The molecule has 2 atom stereocenters. The van der Waals surface area contributed by atoms with Crippen molar-refractivity contribution in [1.82, 2.24) is 4.90 Å². The van der Waals surface area contributed by atoms with Crippen LogP contribution in [0.5, 0.6) is 5.75 Å². The Balaban J connectivity index is 2.21. The molecule has 1 aliphatic rings. The number of rotatable bonds is 5. The fraction of sp³-hybridized carbons (Fsp3) is 0.667. The van der Waals surface area contributed by atoms with Crippen LogP contribution in [0.25, 0.3) is 0 Å². The molecule has 1 aromatic carbocycles. The third kappa shape index (κ3) is 4.21. The monoisotopic (exact) mass is 291 g/mol. The third-order valence-corrected chi connectivity index (χ3v) is 4.63. The van der Waals surface area contributed by atoms with Crippen molar-refractivity contribution in [2.45, 2.75) is 64.6 Å². The molecule has 1 saturated heterocycles. The lowest BCUT2D eigenvalue weighted by atomic mass is 10.0. The first-order valence-corrected chi connectivity index (χ1v) is 8.24. The highest BCUT2D eigenvalue weighted by atomic mass is 16.5. The van der Waals surface area contributed by atoms with Gasteiger partial charge in [-0.2, -0.15) is 0 Å². The van der Waals surface area contributed by atoms with E-state index in [0.717, 1.165) is 17.9 Å². The van der Waals surface area contributed by atoms with Gasteiger partial charge in [0.1, 0.15) is 5.75 Å². The molecule has 1 fully saturated rings. The Labute approximate surface area is 128 Å². The number of nitrogens with zero attached hydrogens (tertiary/aromatic N) is 1. The van der Waals surface area contributed by atoms with Gasteiger partial charge in [-0.05, 0) is 50.4 Å². The van der Waals surface area contributed by atoms with Gasteiger partial charge in [0.2, 0.25) is 0 Å². The van der Waals surface area contributed by atoms with E-state index < -0.39 is 6.10 Å². The van der Waals surface area contributed by atoms with Gasteiger partial charge >= 0.3 is 0 Å². The van der Waals surface area contributed by atoms with Crippen LogP contribution in [-0.2, 0) is 6.54 Å². The lowest BCUT2D eigenvalue weighted by molar-refractivity contribution is 0.182. The van der Waals surface area contributed by atoms with Gasteiger partial charge in [0.15, 0.2) is 0 Å². The summed E-state index contributed by atoms with van der Waals surface area (Å²) >= 11 is 0. The highest BCUT2D eigenvalue weighted by molar-refractivity contribution is 5.38. The maximum Gasteiger partial charge on any atom is 0.123 e. The van der Waals surface area contributed by atoms with Crippen molar-refractivity contribution in [3.63, 3.8) is 0 Å². The molecule has 0 saturated carbocycles. The summed E-state index contributed by atoms with van der Waals surface area (Å²) in [5.74, 6) is 0.929. The van der Waals surface area contributed by atoms with Gasteiger partial charge in [-0.1, -0.05) is 25.8 Å². The van der Waals surface area contributed by atoms with Gasteiger partial charge < -0.3 is 9.84 Å². The molecule has 118 valence electrons. The summed E-state index contributed by atoms with van der Waals surface area (Å²) in [6.07, 6.45) is 6.06.